The average molecular weight is 327 g/mol. The average Bonchev–Trinajstić information content (AvgIpc) is 2.78. The van der Waals surface area contributed by atoms with Crippen molar-refractivity contribution < 1.29 is 19.4 Å². The lowest BCUT2D eigenvalue weighted by Crippen LogP contribution is -2.25. The second kappa shape index (κ2) is 7.47. The summed E-state index contributed by atoms with van der Waals surface area (Å²) in [7, 11) is 1.69. The van der Waals surface area contributed by atoms with Crippen molar-refractivity contribution in [3.8, 4) is 5.75 Å². The Bertz CT molecular complexity index is 729. The first-order chi connectivity index (χ1) is 11.7. The molecular weight excluding hydrogens is 306 g/mol. The minimum atomic E-state index is -0.953. The summed E-state index contributed by atoms with van der Waals surface area (Å²) in [5.74, 6) is -0.455. The van der Waals surface area contributed by atoms with Gasteiger partial charge in [0.05, 0.1) is 6.61 Å². The van der Waals surface area contributed by atoms with Crippen LogP contribution in [0.4, 0.5) is 0 Å². The molecule has 5 heteroatoms. The number of rotatable bonds is 5. The van der Waals surface area contributed by atoms with Crippen molar-refractivity contribution in [1.29, 1.82) is 0 Å². The van der Waals surface area contributed by atoms with E-state index in [4.69, 9.17) is 9.47 Å². The van der Waals surface area contributed by atoms with E-state index < -0.39 is 5.97 Å². The van der Waals surface area contributed by atoms with E-state index in [-0.39, 0.29) is 5.56 Å². The molecule has 0 spiro atoms. The molecule has 0 aliphatic carbocycles. The van der Waals surface area contributed by atoms with Crippen LogP contribution >= 0.6 is 0 Å². The Morgan fingerprint density at radius 3 is 2.75 bits per heavy atom. The Morgan fingerprint density at radius 1 is 1.21 bits per heavy atom. The molecule has 0 bridgehead atoms. The summed E-state index contributed by atoms with van der Waals surface area (Å²) < 4.78 is 11.0. The van der Waals surface area contributed by atoms with Gasteiger partial charge in [0, 0.05) is 32.3 Å². The molecule has 3 rings (SSSR count). The van der Waals surface area contributed by atoms with Gasteiger partial charge in [0.25, 0.3) is 0 Å². The fourth-order valence-electron chi connectivity index (χ4n) is 3.03. The maximum Gasteiger partial charge on any atom is 0.339 e. The summed E-state index contributed by atoms with van der Waals surface area (Å²) in [5.41, 5.74) is 3.53. The SMILES string of the molecule is COCc1ccccc1CN1CCOc2c(cccc2C(=O)O)C1. The highest BCUT2D eigenvalue weighted by atomic mass is 16.5. The number of carboxylic acids is 1. The molecule has 1 heterocycles. The normalized spacial score (nSPS) is 14.5. The van der Waals surface area contributed by atoms with Crippen molar-refractivity contribution in [3.63, 3.8) is 0 Å². The number of carbonyl (C=O) groups is 1. The van der Waals surface area contributed by atoms with Gasteiger partial charge in [-0.3, -0.25) is 4.90 Å². The third-order valence-corrected chi connectivity index (χ3v) is 4.19. The van der Waals surface area contributed by atoms with Crippen LogP contribution in [0.15, 0.2) is 42.5 Å². The van der Waals surface area contributed by atoms with Gasteiger partial charge in [0.15, 0.2) is 0 Å². The third kappa shape index (κ3) is 3.58. The first-order valence-corrected chi connectivity index (χ1v) is 7.95. The molecule has 1 aliphatic rings. The number of ether oxygens (including phenoxy) is 2. The molecule has 126 valence electrons. The fraction of sp³-hybridized carbons (Fsp3) is 0.316. The third-order valence-electron chi connectivity index (χ3n) is 4.19. The zero-order chi connectivity index (χ0) is 16.9. The van der Waals surface area contributed by atoms with Crippen LogP contribution in [0.3, 0.4) is 0 Å². The highest BCUT2D eigenvalue weighted by Gasteiger charge is 2.21. The number of methoxy groups -OCH3 is 1. The monoisotopic (exact) mass is 327 g/mol. The summed E-state index contributed by atoms with van der Waals surface area (Å²) >= 11 is 0. The van der Waals surface area contributed by atoms with Crippen LogP contribution in [-0.4, -0.2) is 36.2 Å². The Hall–Kier alpha value is -2.37. The molecule has 0 saturated heterocycles. The summed E-state index contributed by atoms with van der Waals surface area (Å²) in [4.78, 5) is 13.6. The van der Waals surface area contributed by atoms with Gasteiger partial charge in [-0.05, 0) is 17.2 Å². The maximum atomic E-state index is 11.4. The summed E-state index contributed by atoms with van der Waals surface area (Å²) in [5, 5.41) is 9.32. The number of hydrogen-bond donors (Lipinski definition) is 1. The number of nitrogens with zero attached hydrogens (tertiary/aromatic N) is 1. The molecule has 0 saturated carbocycles. The van der Waals surface area contributed by atoms with Gasteiger partial charge < -0.3 is 14.6 Å². The van der Waals surface area contributed by atoms with E-state index in [2.05, 4.69) is 17.0 Å². The van der Waals surface area contributed by atoms with Gasteiger partial charge in [-0.15, -0.1) is 0 Å². The van der Waals surface area contributed by atoms with Gasteiger partial charge in [0.2, 0.25) is 0 Å². The summed E-state index contributed by atoms with van der Waals surface area (Å²) in [6.07, 6.45) is 0. The Balaban J connectivity index is 1.82. The second-order valence-electron chi connectivity index (χ2n) is 5.86. The van der Waals surface area contributed by atoms with Crippen LogP contribution in [-0.2, 0) is 24.4 Å². The predicted molar refractivity (Wildman–Crippen MR) is 90.2 cm³/mol. The summed E-state index contributed by atoms with van der Waals surface area (Å²) in [6.45, 7) is 3.25. The van der Waals surface area contributed by atoms with E-state index in [1.54, 1.807) is 19.2 Å². The van der Waals surface area contributed by atoms with Crippen molar-refractivity contribution in [3.05, 3.63) is 64.7 Å². The van der Waals surface area contributed by atoms with Crippen LogP contribution in [0, 0.1) is 0 Å². The molecule has 0 unspecified atom stereocenters. The standard InChI is InChI=1S/C19H21NO4/c1-23-13-16-6-3-2-5-14(16)11-20-9-10-24-18-15(12-20)7-4-8-17(18)19(21)22/h2-8H,9-13H2,1H3,(H,21,22). The fourth-order valence-corrected chi connectivity index (χ4v) is 3.03. The molecule has 0 atom stereocenters. The quantitative estimate of drug-likeness (QED) is 0.915. The highest BCUT2D eigenvalue weighted by Crippen LogP contribution is 2.28. The van der Waals surface area contributed by atoms with Crippen LogP contribution in [0.25, 0.3) is 0 Å². The van der Waals surface area contributed by atoms with Gasteiger partial charge in [-0.2, -0.15) is 0 Å². The highest BCUT2D eigenvalue weighted by molar-refractivity contribution is 5.91. The van der Waals surface area contributed by atoms with Crippen molar-refractivity contribution in [2.75, 3.05) is 20.3 Å². The predicted octanol–water partition coefficient (Wildman–Crippen LogP) is 2.93. The molecule has 1 aliphatic heterocycles. The van der Waals surface area contributed by atoms with Gasteiger partial charge >= 0.3 is 5.97 Å². The van der Waals surface area contributed by atoms with Crippen molar-refractivity contribution in [2.45, 2.75) is 19.7 Å². The first-order valence-electron chi connectivity index (χ1n) is 7.95. The Labute approximate surface area is 141 Å². The van der Waals surface area contributed by atoms with Gasteiger partial charge in [0.1, 0.15) is 17.9 Å². The zero-order valence-corrected chi connectivity index (χ0v) is 13.7. The van der Waals surface area contributed by atoms with Crippen LogP contribution in [0.1, 0.15) is 27.0 Å². The van der Waals surface area contributed by atoms with E-state index in [0.717, 1.165) is 18.7 Å². The smallest absolute Gasteiger partial charge is 0.339 e. The number of para-hydroxylation sites is 1. The first kappa shape index (κ1) is 16.5. The molecule has 2 aromatic carbocycles. The molecule has 5 nitrogen and oxygen atoms in total. The molecular formula is C19H21NO4. The number of carboxylic acid groups (broad SMARTS) is 1. The van der Waals surface area contributed by atoms with E-state index in [9.17, 15) is 9.90 Å². The summed E-state index contributed by atoms with van der Waals surface area (Å²) in [6, 6.07) is 13.5. The molecule has 0 radical (unpaired) electrons. The largest absolute Gasteiger partial charge is 0.491 e. The van der Waals surface area contributed by atoms with Crippen molar-refractivity contribution in [1.82, 2.24) is 4.90 Å². The maximum absolute atomic E-state index is 11.4. The van der Waals surface area contributed by atoms with E-state index >= 15 is 0 Å². The van der Waals surface area contributed by atoms with Gasteiger partial charge in [-0.1, -0.05) is 36.4 Å². The Morgan fingerprint density at radius 2 is 2.00 bits per heavy atom. The number of aromatic carboxylic acids is 1. The molecule has 0 amide bonds. The van der Waals surface area contributed by atoms with E-state index in [1.165, 1.54) is 11.1 Å². The second-order valence-corrected chi connectivity index (χ2v) is 5.86. The number of benzene rings is 2. The van der Waals surface area contributed by atoms with E-state index in [0.29, 0.717) is 25.5 Å². The minimum absolute atomic E-state index is 0.231. The number of hydrogen-bond acceptors (Lipinski definition) is 4. The van der Waals surface area contributed by atoms with E-state index in [1.807, 2.05) is 18.2 Å². The van der Waals surface area contributed by atoms with Crippen LogP contribution in [0.5, 0.6) is 5.75 Å². The molecule has 2 aromatic rings. The zero-order valence-electron chi connectivity index (χ0n) is 13.7. The molecule has 1 N–H and O–H groups in total. The Kier molecular flexibility index (Phi) is 5.13. The lowest BCUT2D eigenvalue weighted by Gasteiger charge is -2.21. The number of fused-ring (bicyclic) bond motifs is 1. The lowest BCUT2D eigenvalue weighted by molar-refractivity contribution is 0.0692. The van der Waals surface area contributed by atoms with Crippen LogP contribution < -0.4 is 4.74 Å². The molecule has 24 heavy (non-hydrogen) atoms. The lowest BCUT2D eigenvalue weighted by atomic mass is 10.1. The molecule has 0 fully saturated rings. The topological polar surface area (TPSA) is 59.0 Å². The van der Waals surface area contributed by atoms with Gasteiger partial charge in [-0.25, -0.2) is 4.79 Å². The van der Waals surface area contributed by atoms with Crippen LogP contribution in [0.2, 0.25) is 0 Å². The molecule has 0 aromatic heterocycles. The minimum Gasteiger partial charge on any atom is -0.491 e. The van der Waals surface area contributed by atoms with Crippen molar-refractivity contribution in [2.24, 2.45) is 0 Å². The van der Waals surface area contributed by atoms with Crippen molar-refractivity contribution >= 4 is 5.97 Å².